The van der Waals surface area contributed by atoms with Crippen LogP contribution in [0.15, 0.2) is 60.9 Å². The van der Waals surface area contributed by atoms with Crippen molar-refractivity contribution in [3.63, 3.8) is 0 Å². The molecule has 0 aliphatic heterocycles. The van der Waals surface area contributed by atoms with Crippen LogP contribution >= 0.6 is 0 Å². The molecule has 0 bridgehead atoms. The summed E-state index contributed by atoms with van der Waals surface area (Å²) in [5, 5.41) is 18.4. The van der Waals surface area contributed by atoms with Crippen LogP contribution in [0.25, 0.3) is 11.1 Å². The van der Waals surface area contributed by atoms with E-state index in [1.54, 1.807) is 0 Å². The minimum atomic E-state index is -0.961. The number of ether oxygens (including phenoxy) is 1. The Kier molecular flexibility index (Phi) is 7.45. The van der Waals surface area contributed by atoms with Crippen LogP contribution in [0.3, 0.4) is 0 Å². The summed E-state index contributed by atoms with van der Waals surface area (Å²) in [6.07, 6.45) is 3.54. The third kappa shape index (κ3) is 5.87. The Labute approximate surface area is 203 Å². The van der Waals surface area contributed by atoms with Crippen LogP contribution in [0.4, 0.5) is 10.5 Å². The van der Waals surface area contributed by atoms with Crippen molar-refractivity contribution in [3.05, 3.63) is 72.1 Å². The highest BCUT2D eigenvalue weighted by molar-refractivity contribution is 5.85. The van der Waals surface area contributed by atoms with E-state index in [2.05, 4.69) is 40.0 Å². The van der Waals surface area contributed by atoms with Crippen molar-refractivity contribution in [2.24, 2.45) is 0 Å². The lowest BCUT2D eigenvalue weighted by Gasteiger charge is -2.16. The Morgan fingerprint density at radius 2 is 1.74 bits per heavy atom. The molecular weight excluding hydrogens is 448 g/mol. The average Bonchev–Trinajstić information content (AvgIpc) is 3.39. The molecular formula is C26H28N4O5. The molecule has 4 rings (SSSR count). The molecule has 0 saturated heterocycles. The van der Waals surface area contributed by atoms with Crippen LogP contribution in [0.5, 0.6) is 0 Å². The van der Waals surface area contributed by atoms with Crippen molar-refractivity contribution in [1.29, 1.82) is 0 Å². The highest BCUT2D eigenvalue weighted by Gasteiger charge is 2.29. The van der Waals surface area contributed by atoms with Gasteiger partial charge < -0.3 is 15.2 Å². The van der Waals surface area contributed by atoms with Crippen molar-refractivity contribution in [2.75, 3.05) is 11.9 Å². The fraction of sp³-hybridized carbons (Fsp3) is 0.308. The molecule has 1 aliphatic rings. The van der Waals surface area contributed by atoms with E-state index in [9.17, 15) is 14.4 Å². The van der Waals surface area contributed by atoms with Crippen molar-refractivity contribution in [2.45, 2.75) is 44.7 Å². The number of carbonyl (C=O) groups is 3. The largest absolute Gasteiger partial charge is 0.481 e. The van der Waals surface area contributed by atoms with Gasteiger partial charge in [-0.3, -0.25) is 19.6 Å². The fourth-order valence-corrected chi connectivity index (χ4v) is 4.47. The van der Waals surface area contributed by atoms with E-state index in [4.69, 9.17) is 9.84 Å². The molecule has 2 amide bonds. The normalized spacial score (nSPS) is 12.9. The van der Waals surface area contributed by atoms with E-state index >= 15 is 0 Å². The molecule has 1 atom stereocenters. The zero-order valence-corrected chi connectivity index (χ0v) is 19.4. The summed E-state index contributed by atoms with van der Waals surface area (Å²) in [5.74, 6) is -1.35. The van der Waals surface area contributed by atoms with Gasteiger partial charge in [0.2, 0.25) is 5.91 Å². The van der Waals surface area contributed by atoms with Gasteiger partial charge in [0.05, 0.1) is 18.3 Å². The summed E-state index contributed by atoms with van der Waals surface area (Å²) in [4.78, 5) is 35.7. The molecule has 0 radical (unpaired) electrons. The minimum Gasteiger partial charge on any atom is -0.481 e. The lowest BCUT2D eigenvalue weighted by atomic mass is 9.98. The number of nitrogens with one attached hydrogen (secondary N) is 2. The molecule has 9 nitrogen and oxygen atoms in total. The molecule has 3 aromatic rings. The fourth-order valence-electron chi connectivity index (χ4n) is 4.47. The highest BCUT2D eigenvalue weighted by atomic mass is 16.5. The summed E-state index contributed by atoms with van der Waals surface area (Å²) in [6, 6.07) is 15.8. The van der Waals surface area contributed by atoms with Gasteiger partial charge in [0.25, 0.3) is 0 Å². The van der Waals surface area contributed by atoms with E-state index in [1.807, 2.05) is 31.2 Å². The number of aromatic nitrogens is 2. The molecule has 1 aliphatic carbocycles. The molecule has 1 heterocycles. The quantitative estimate of drug-likeness (QED) is 0.406. The maximum absolute atomic E-state index is 12.4. The summed E-state index contributed by atoms with van der Waals surface area (Å²) in [6.45, 7) is 2.03. The highest BCUT2D eigenvalue weighted by Crippen LogP contribution is 2.44. The van der Waals surface area contributed by atoms with Gasteiger partial charge in [0, 0.05) is 18.2 Å². The van der Waals surface area contributed by atoms with Gasteiger partial charge >= 0.3 is 12.1 Å². The van der Waals surface area contributed by atoms with Gasteiger partial charge in [0.15, 0.2) is 0 Å². The predicted molar refractivity (Wildman–Crippen MR) is 130 cm³/mol. The molecule has 0 fully saturated rings. The van der Waals surface area contributed by atoms with Crippen LogP contribution in [-0.4, -0.2) is 45.5 Å². The van der Waals surface area contributed by atoms with E-state index < -0.39 is 18.1 Å². The van der Waals surface area contributed by atoms with E-state index in [1.165, 1.54) is 17.1 Å². The van der Waals surface area contributed by atoms with Crippen LogP contribution in [-0.2, 0) is 20.9 Å². The molecule has 9 heteroatoms. The van der Waals surface area contributed by atoms with Crippen molar-refractivity contribution < 1.29 is 24.2 Å². The van der Waals surface area contributed by atoms with Crippen LogP contribution in [0.1, 0.15) is 43.2 Å². The van der Waals surface area contributed by atoms with Crippen LogP contribution in [0.2, 0.25) is 0 Å². The number of nitrogens with zero attached hydrogens (tertiary/aromatic N) is 2. The van der Waals surface area contributed by atoms with E-state index in [0.717, 1.165) is 28.7 Å². The maximum atomic E-state index is 12.4. The average molecular weight is 477 g/mol. The van der Waals surface area contributed by atoms with Gasteiger partial charge in [-0.25, -0.2) is 4.79 Å². The number of hydrogen-bond acceptors (Lipinski definition) is 5. The first-order valence-electron chi connectivity index (χ1n) is 11.6. The monoisotopic (exact) mass is 476 g/mol. The Morgan fingerprint density at radius 1 is 1.09 bits per heavy atom. The SMILES string of the molecule is CCC[C@@H](CC(=O)O)NC(=O)Cn1cc(NC(=O)OCC2c3ccccc3-c3ccccc32)cn1. The summed E-state index contributed by atoms with van der Waals surface area (Å²) < 4.78 is 6.90. The second-order valence-corrected chi connectivity index (χ2v) is 8.53. The summed E-state index contributed by atoms with van der Waals surface area (Å²) in [7, 11) is 0. The Bertz CT molecular complexity index is 1180. The number of carboxylic acid groups (broad SMARTS) is 1. The number of anilines is 1. The Morgan fingerprint density at radius 3 is 2.37 bits per heavy atom. The van der Waals surface area contributed by atoms with Gasteiger partial charge in [-0.1, -0.05) is 61.9 Å². The molecule has 3 N–H and O–H groups in total. The second kappa shape index (κ2) is 10.9. The van der Waals surface area contributed by atoms with Crippen LogP contribution < -0.4 is 10.6 Å². The molecule has 0 unspecified atom stereocenters. The number of benzene rings is 2. The van der Waals surface area contributed by atoms with Crippen molar-refractivity contribution >= 4 is 23.7 Å². The number of amides is 2. The Hall–Kier alpha value is -4.14. The number of rotatable bonds is 10. The number of aliphatic carboxylic acids is 1. The second-order valence-electron chi connectivity index (χ2n) is 8.53. The minimum absolute atomic E-state index is 0.0403. The number of hydrogen-bond donors (Lipinski definition) is 3. The molecule has 1 aromatic heterocycles. The molecule has 182 valence electrons. The number of carboxylic acids is 1. The Balaban J connectivity index is 1.30. The first-order valence-corrected chi connectivity index (χ1v) is 11.6. The molecule has 0 saturated carbocycles. The summed E-state index contributed by atoms with van der Waals surface area (Å²) >= 11 is 0. The lowest BCUT2D eigenvalue weighted by molar-refractivity contribution is -0.137. The van der Waals surface area contributed by atoms with Gasteiger partial charge in [0.1, 0.15) is 13.2 Å². The van der Waals surface area contributed by atoms with Gasteiger partial charge in [-0.05, 0) is 28.7 Å². The lowest BCUT2D eigenvalue weighted by Crippen LogP contribution is -2.38. The first-order chi connectivity index (χ1) is 16.9. The van der Waals surface area contributed by atoms with Gasteiger partial charge in [-0.15, -0.1) is 0 Å². The third-order valence-corrected chi connectivity index (χ3v) is 5.95. The molecule has 2 aromatic carbocycles. The summed E-state index contributed by atoms with van der Waals surface area (Å²) in [5.41, 5.74) is 4.96. The number of carbonyl (C=O) groups excluding carboxylic acids is 2. The molecule has 0 spiro atoms. The first kappa shape index (κ1) is 24.0. The third-order valence-electron chi connectivity index (χ3n) is 5.95. The topological polar surface area (TPSA) is 123 Å². The molecule has 35 heavy (non-hydrogen) atoms. The number of fused-ring (bicyclic) bond motifs is 3. The van der Waals surface area contributed by atoms with E-state index in [0.29, 0.717) is 12.1 Å². The van der Waals surface area contributed by atoms with Gasteiger partial charge in [-0.2, -0.15) is 5.10 Å². The standard InChI is InChI=1S/C26H28N4O5/c1-2-7-17(12-25(32)33)28-24(31)15-30-14-18(13-27-30)29-26(34)35-16-23-21-10-5-3-8-19(21)20-9-4-6-11-22(20)23/h3-6,8-11,13-14,17,23H,2,7,12,15-16H2,1H3,(H,28,31)(H,29,34)(H,32,33)/t17-/m0/s1. The van der Waals surface area contributed by atoms with Crippen molar-refractivity contribution in [3.8, 4) is 11.1 Å². The predicted octanol–water partition coefficient (Wildman–Crippen LogP) is 4.00. The van der Waals surface area contributed by atoms with Crippen molar-refractivity contribution in [1.82, 2.24) is 15.1 Å². The van der Waals surface area contributed by atoms with Crippen LogP contribution in [0, 0.1) is 0 Å². The zero-order chi connectivity index (χ0) is 24.8. The maximum Gasteiger partial charge on any atom is 0.411 e. The zero-order valence-electron chi connectivity index (χ0n) is 19.4. The van der Waals surface area contributed by atoms with E-state index in [-0.39, 0.29) is 31.4 Å². The smallest absolute Gasteiger partial charge is 0.411 e.